The van der Waals surface area contributed by atoms with Gasteiger partial charge in [0.15, 0.2) is 0 Å². The second-order valence-corrected chi connectivity index (χ2v) is 9.73. The molecule has 2 heterocycles. The van der Waals surface area contributed by atoms with Crippen LogP contribution in [0.1, 0.15) is 32.7 Å². The van der Waals surface area contributed by atoms with Gasteiger partial charge in [-0.2, -0.15) is 9.71 Å². The van der Waals surface area contributed by atoms with Gasteiger partial charge >= 0.3 is 0 Å². The first kappa shape index (κ1) is 24.4. The number of pyridine rings is 1. The van der Waals surface area contributed by atoms with Crippen LogP contribution in [0.2, 0.25) is 0 Å². The third kappa shape index (κ3) is 6.03. The lowest BCUT2D eigenvalue weighted by Crippen LogP contribution is -2.32. The highest BCUT2D eigenvalue weighted by Gasteiger charge is 2.29. The average Bonchev–Trinajstić information content (AvgIpc) is 3.35. The molecule has 1 unspecified atom stereocenters. The molecule has 1 atom stereocenters. The summed E-state index contributed by atoms with van der Waals surface area (Å²) in [5.74, 6) is 2.25. The number of ether oxygens (including phenoxy) is 2. The summed E-state index contributed by atoms with van der Waals surface area (Å²) in [6, 6.07) is 16.2. The fourth-order valence-electron chi connectivity index (χ4n) is 3.27. The van der Waals surface area contributed by atoms with Crippen molar-refractivity contribution in [1.29, 1.82) is 0 Å². The minimum atomic E-state index is -3.87. The van der Waals surface area contributed by atoms with Crippen LogP contribution in [-0.4, -0.2) is 30.1 Å². The molecule has 0 aliphatic heterocycles. The lowest BCUT2D eigenvalue weighted by molar-refractivity contribution is 0.311. The van der Waals surface area contributed by atoms with Crippen molar-refractivity contribution in [1.82, 2.24) is 19.8 Å². The predicted molar refractivity (Wildman–Crippen MR) is 130 cm³/mol. The van der Waals surface area contributed by atoms with Gasteiger partial charge in [0, 0.05) is 18.0 Å². The van der Waals surface area contributed by atoms with E-state index < -0.39 is 16.1 Å². The summed E-state index contributed by atoms with van der Waals surface area (Å²) in [6.45, 7) is 6.24. The zero-order chi connectivity index (χ0) is 24.8. The van der Waals surface area contributed by atoms with Crippen LogP contribution in [0, 0.1) is 5.92 Å². The van der Waals surface area contributed by atoms with Crippen molar-refractivity contribution in [2.45, 2.75) is 31.7 Å². The molecule has 0 bridgehead atoms. The summed E-state index contributed by atoms with van der Waals surface area (Å²) in [7, 11) is -3.87. The van der Waals surface area contributed by atoms with Gasteiger partial charge in [-0.3, -0.25) is 4.98 Å². The molecule has 0 saturated heterocycles. The SMILES string of the molecule is CCOc1ccc(Oc2ccc(S(=O)(=O)NC(c3nc(-c4cccnc4)no3)C(C)C)cc2)cc1. The summed E-state index contributed by atoms with van der Waals surface area (Å²) >= 11 is 0. The number of nitrogens with one attached hydrogen (secondary N) is 1. The largest absolute Gasteiger partial charge is 0.494 e. The Labute approximate surface area is 204 Å². The molecule has 1 N–H and O–H groups in total. The van der Waals surface area contributed by atoms with E-state index in [0.29, 0.717) is 29.5 Å². The Morgan fingerprint density at radius 1 is 0.971 bits per heavy atom. The molecule has 2 aromatic heterocycles. The van der Waals surface area contributed by atoms with Crippen molar-refractivity contribution >= 4 is 10.0 Å². The summed E-state index contributed by atoms with van der Waals surface area (Å²) in [5.41, 5.74) is 0.677. The van der Waals surface area contributed by atoms with Crippen LogP contribution in [0.15, 0.2) is 82.5 Å². The molecular weight excluding hydrogens is 468 g/mol. The Bertz CT molecular complexity index is 1340. The van der Waals surface area contributed by atoms with Gasteiger partial charge in [-0.15, -0.1) is 0 Å². The van der Waals surface area contributed by atoms with Crippen LogP contribution in [0.4, 0.5) is 0 Å². The highest BCUT2D eigenvalue weighted by molar-refractivity contribution is 7.89. The number of benzene rings is 2. The van der Waals surface area contributed by atoms with Crippen LogP contribution < -0.4 is 14.2 Å². The zero-order valence-electron chi connectivity index (χ0n) is 19.6. The molecule has 2 aromatic carbocycles. The zero-order valence-corrected chi connectivity index (χ0v) is 20.4. The number of sulfonamides is 1. The molecule has 0 fully saturated rings. The molecule has 0 saturated carbocycles. The lowest BCUT2D eigenvalue weighted by atomic mass is 10.1. The predicted octanol–water partition coefficient (Wildman–Crippen LogP) is 5.00. The molecule has 4 aromatic rings. The monoisotopic (exact) mass is 494 g/mol. The van der Waals surface area contributed by atoms with Crippen molar-refractivity contribution in [3.63, 3.8) is 0 Å². The maximum atomic E-state index is 13.1. The normalized spacial score (nSPS) is 12.5. The second kappa shape index (κ2) is 10.7. The van der Waals surface area contributed by atoms with Crippen LogP contribution >= 0.6 is 0 Å². The van der Waals surface area contributed by atoms with Crippen LogP contribution in [0.3, 0.4) is 0 Å². The molecule has 182 valence electrons. The van der Waals surface area contributed by atoms with Crippen LogP contribution in [-0.2, 0) is 10.0 Å². The Morgan fingerprint density at radius 2 is 1.63 bits per heavy atom. The molecule has 4 rings (SSSR count). The summed E-state index contributed by atoms with van der Waals surface area (Å²) in [6.07, 6.45) is 3.25. The Hall–Kier alpha value is -3.76. The van der Waals surface area contributed by atoms with E-state index in [0.717, 1.165) is 5.75 Å². The fraction of sp³-hybridized carbons (Fsp3) is 0.240. The number of rotatable bonds is 10. The van der Waals surface area contributed by atoms with Gasteiger partial charge in [-0.1, -0.05) is 19.0 Å². The number of nitrogens with zero attached hydrogens (tertiary/aromatic N) is 3. The van der Waals surface area contributed by atoms with Gasteiger partial charge in [0.1, 0.15) is 23.3 Å². The van der Waals surface area contributed by atoms with E-state index in [1.54, 1.807) is 48.8 Å². The molecule has 9 nitrogen and oxygen atoms in total. The van der Waals surface area contributed by atoms with E-state index >= 15 is 0 Å². The topological polar surface area (TPSA) is 116 Å². The Morgan fingerprint density at radius 3 is 2.23 bits per heavy atom. The molecule has 0 aliphatic carbocycles. The average molecular weight is 495 g/mol. The molecule has 35 heavy (non-hydrogen) atoms. The molecular formula is C25H26N4O5S. The summed E-state index contributed by atoms with van der Waals surface area (Å²) in [4.78, 5) is 8.52. The van der Waals surface area contributed by atoms with E-state index in [4.69, 9.17) is 14.0 Å². The van der Waals surface area contributed by atoms with Gasteiger partial charge in [0.2, 0.25) is 21.7 Å². The fourth-order valence-corrected chi connectivity index (χ4v) is 4.61. The minimum Gasteiger partial charge on any atom is -0.494 e. The Kier molecular flexibility index (Phi) is 7.42. The van der Waals surface area contributed by atoms with E-state index in [9.17, 15) is 8.42 Å². The third-order valence-electron chi connectivity index (χ3n) is 5.08. The lowest BCUT2D eigenvalue weighted by Gasteiger charge is -2.18. The van der Waals surface area contributed by atoms with Gasteiger partial charge in [-0.25, -0.2) is 8.42 Å². The first-order valence-corrected chi connectivity index (χ1v) is 12.6. The van der Waals surface area contributed by atoms with E-state index in [-0.39, 0.29) is 16.7 Å². The smallest absolute Gasteiger partial charge is 0.245 e. The first-order chi connectivity index (χ1) is 16.9. The number of hydrogen-bond acceptors (Lipinski definition) is 8. The highest BCUT2D eigenvalue weighted by atomic mass is 32.2. The molecule has 0 aliphatic rings. The first-order valence-electron chi connectivity index (χ1n) is 11.1. The van der Waals surface area contributed by atoms with Crippen molar-refractivity contribution in [3.8, 4) is 28.6 Å². The van der Waals surface area contributed by atoms with Gasteiger partial charge < -0.3 is 14.0 Å². The number of hydrogen-bond donors (Lipinski definition) is 1. The van der Waals surface area contributed by atoms with Crippen molar-refractivity contribution in [2.24, 2.45) is 5.92 Å². The second-order valence-electron chi connectivity index (χ2n) is 8.02. The molecule has 0 amide bonds. The molecule has 0 radical (unpaired) electrons. The molecule has 0 spiro atoms. The van der Waals surface area contributed by atoms with E-state index in [1.807, 2.05) is 32.9 Å². The maximum Gasteiger partial charge on any atom is 0.245 e. The van der Waals surface area contributed by atoms with E-state index in [2.05, 4.69) is 19.8 Å². The number of aromatic nitrogens is 3. The van der Waals surface area contributed by atoms with Crippen molar-refractivity contribution < 1.29 is 22.4 Å². The Balaban J connectivity index is 1.47. The van der Waals surface area contributed by atoms with Crippen molar-refractivity contribution in [2.75, 3.05) is 6.61 Å². The highest BCUT2D eigenvalue weighted by Crippen LogP contribution is 2.28. The third-order valence-corrected chi connectivity index (χ3v) is 6.54. The van der Waals surface area contributed by atoms with Crippen molar-refractivity contribution in [3.05, 3.63) is 78.9 Å². The van der Waals surface area contributed by atoms with E-state index in [1.165, 1.54) is 12.1 Å². The van der Waals surface area contributed by atoms with Crippen LogP contribution in [0.25, 0.3) is 11.4 Å². The minimum absolute atomic E-state index is 0.0918. The van der Waals surface area contributed by atoms with Gasteiger partial charge in [-0.05, 0) is 73.5 Å². The van der Waals surface area contributed by atoms with Gasteiger partial charge in [0.05, 0.1) is 11.5 Å². The van der Waals surface area contributed by atoms with Gasteiger partial charge in [0.25, 0.3) is 0 Å². The van der Waals surface area contributed by atoms with Crippen LogP contribution in [0.5, 0.6) is 17.2 Å². The quantitative estimate of drug-likeness (QED) is 0.327. The standard InChI is InChI=1S/C25H26N4O5S/c1-4-32-19-7-9-20(10-8-19)33-21-11-13-22(14-12-21)35(30,31)29-23(17(2)3)25-27-24(28-34-25)18-6-5-15-26-16-18/h5-17,23,29H,4H2,1-3H3. The summed E-state index contributed by atoms with van der Waals surface area (Å²) in [5, 5.41) is 3.97. The maximum absolute atomic E-state index is 13.1. The molecule has 10 heteroatoms. The summed E-state index contributed by atoms with van der Waals surface area (Å²) < 4.78 is 45.5.